The summed E-state index contributed by atoms with van der Waals surface area (Å²) in [6.07, 6.45) is 1.85. The Kier molecular flexibility index (Phi) is 3.83. The molecule has 0 unspecified atom stereocenters. The largest absolute Gasteiger partial charge is 0.373 e. The number of aromatic nitrogens is 4. The Morgan fingerprint density at radius 1 is 1.32 bits per heavy atom. The molecule has 1 aliphatic rings. The van der Waals surface area contributed by atoms with E-state index < -0.39 is 0 Å². The maximum absolute atomic E-state index is 13.1. The van der Waals surface area contributed by atoms with Crippen LogP contribution in [0.2, 0.25) is 0 Å². The number of rotatable bonds is 3. The van der Waals surface area contributed by atoms with Crippen LogP contribution < -0.4 is 5.32 Å². The lowest BCUT2D eigenvalue weighted by molar-refractivity contribution is 0.0728. The lowest BCUT2D eigenvalue weighted by atomic mass is 10.1. The van der Waals surface area contributed by atoms with Crippen molar-refractivity contribution in [3.05, 3.63) is 47.5 Å². The minimum absolute atomic E-state index is 0.0447. The van der Waals surface area contributed by atoms with Gasteiger partial charge < -0.3 is 10.2 Å². The molecule has 0 spiro atoms. The number of benzene rings is 1. The number of nitrogens with zero attached hydrogens (tertiary/aromatic N) is 4. The van der Waals surface area contributed by atoms with Crippen LogP contribution in [0.25, 0.3) is 10.9 Å². The highest BCUT2D eigenvalue weighted by Crippen LogP contribution is 2.33. The number of para-hydroxylation sites is 1. The number of nitrogens with one attached hydrogen (secondary N) is 2. The molecule has 1 amide bonds. The summed E-state index contributed by atoms with van der Waals surface area (Å²) in [7, 11) is 1.83. The number of aryl methyl sites for hydroxylation is 1. The molecule has 1 atom stereocenters. The first-order valence-electron chi connectivity index (χ1n) is 8.45. The molecule has 0 aliphatic carbocycles. The lowest BCUT2D eigenvalue weighted by Crippen LogP contribution is -2.31. The third-order valence-corrected chi connectivity index (χ3v) is 4.64. The number of anilines is 1. The summed E-state index contributed by atoms with van der Waals surface area (Å²) in [6.45, 7) is 2.58. The summed E-state index contributed by atoms with van der Waals surface area (Å²) in [5.41, 5.74) is 2.22. The Morgan fingerprint density at radius 3 is 3.00 bits per heavy atom. The highest BCUT2D eigenvalue weighted by Gasteiger charge is 2.33. The number of H-pyrrole nitrogens is 1. The molecule has 1 fully saturated rings. The number of fused-ring (bicyclic) bond motifs is 1. The average molecular weight is 336 g/mol. The number of aromatic amines is 1. The molecule has 3 heterocycles. The minimum atomic E-state index is -0.0535. The van der Waals surface area contributed by atoms with Crippen molar-refractivity contribution in [3.63, 3.8) is 0 Å². The van der Waals surface area contributed by atoms with Crippen molar-refractivity contribution < 1.29 is 4.79 Å². The Morgan fingerprint density at radius 2 is 2.16 bits per heavy atom. The fourth-order valence-corrected chi connectivity index (χ4v) is 3.47. The van der Waals surface area contributed by atoms with E-state index in [0.717, 1.165) is 35.3 Å². The average Bonchev–Trinajstić information content (AvgIpc) is 3.27. The number of carbonyl (C=O) groups is 1. The molecule has 3 aromatic rings. The zero-order valence-corrected chi connectivity index (χ0v) is 14.3. The molecule has 0 saturated carbocycles. The van der Waals surface area contributed by atoms with Gasteiger partial charge in [-0.2, -0.15) is 5.10 Å². The van der Waals surface area contributed by atoms with Crippen molar-refractivity contribution in [1.29, 1.82) is 0 Å². The van der Waals surface area contributed by atoms with Gasteiger partial charge in [0.25, 0.3) is 5.91 Å². The Bertz CT molecular complexity index is 934. The molecule has 1 aromatic carbocycles. The van der Waals surface area contributed by atoms with E-state index in [1.807, 2.05) is 49.2 Å². The smallest absolute Gasteiger partial charge is 0.275 e. The second-order valence-electron chi connectivity index (χ2n) is 6.25. The van der Waals surface area contributed by atoms with Gasteiger partial charge in [-0.15, -0.1) is 0 Å². The monoisotopic (exact) mass is 336 g/mol. The van der Waals surface area contributed by atoms with Crippen LogP contribution in [0.1, 0.15) is 40.9 Å². The van der Waals surface area contributed by atoms with Crippen molar-refractivity contribution in [2.75, 3.05) is 18.9 Å². The SMILES string of the molecule is CNc1cc([C@H]2CCCN2C(=O)c2n[nH]c3ccccc23)nc(C)n1. The molecule has 25 heavy (non-hydrogen) atoms. The third-order valence-electron chi connectivity index (χ3n) is 4.64. The van der Waals surface area contributed by atoms with Crippen LogP contribution in [0, 0.1) is 6.92 Å². The molecule has 0 bridgehead atoms. The summed E-state index contributed by atoms with van der Waals surface area (Å²) >= 11 is 0. The Hall–Kier alpha value is -2.96. The van der Waals surface area contributed by atoms with Crippen LogP contribution in [-0.4, -0.2) is 44.6 Å². The van der Waals surface area contributed by atoms with E-state index in [1.54, 1.807) is 0 Å². The molecule has 2 aromatic heterocycles. The van der Waals surface area contributed by atoms with Gasteiger partial charge in [0.15, 0.2) is 5.69 Å². The molecule has 7 heteroatoms. The first-order chi connectivity index (χ1) is 12.2. The third kappa shape index (κ3) is 2.71. The van der Waals surface area contributed by atoms with Crippen molar-refractivity contribution in [2.45, 2.75) is 25.8 Å². The molecule has 7 nitrogen and oxygen atoms in total. The molecule has 0 radical (unpaired) electrons. The predicted molar refractivity (Wildman–Crippen MR) is 95.4 cm³/mol. The van der Waals surface area contributed by atoms with Crippen LogP contribution >= 0.6 is 0 Å². The maximum atomic E-state index is 13.1. The van der Waals surface area contributed by atoms with Crippen LogP contribution in [-0.2, 0) is 0 Å². The zero-order valence-electron chi connectivity index (χ0n) is 14.3. The highest BCUT2D eigenvalue weighted by molar-refractivity contribution is 6.04. The second kappa shape index (κ2) is 6.16. The van der Waals surface area contributed by atoms with Crippen LogP contribution in [0.4, 0.5) is 5.82 Å². The minimum Gasteiger partial charge on any atom is -0.373 e. The molecule has 1 aliphatic heterocycles. The molecule has 1 saturated heterocycles. The molecular weight excluding hydrogens is 316 g/mol. The van der Waals surface area contributed by atoms with Crippen LogP contribution in [0.3, 0.4) is 0 Å². The lowest BCUT2D eigenvalue weighted by Gasteiger charge is -2.24. The fraction of sp³-hybridized carbons (Fsp3) is 0.333. The van der Waals surface area contributed by atoms with Gasteiger partial charge in [-0.3, -0.25) is 9.89 Å². The van der Waals surface area contributed by atoms with Gasteiger partial charge in [-0.05, 0) is 25.8 Å². The van der Waals surface area contributed by atoms with E-state index >= 15 is 0 Å². The van der Waals surface area contributed by atoms with Gasteiger partial charge in [-0.25, -0.2) is 9.97 Å². The Balaban J connectivity index is 1.70. The number of amides is 1. The van der Waals surface area contributed by atoms with E-state index in [4.69, 9.17) is 0 Å². The van der Waals surface area contributed by atoms with E-state index in [-0.39, 0.29) is 11.9 Å². The van der Waals surface area contributed by atoms with Gasteiger partial charge in [0, 0.05) is 25.0 Å². The number of carbonyl (C=O) groups excluding carboxylic acids is 1. The maximum Gasteiger partial charge on any atom is 0.275 e. The second-order valence-corrected chi connectivity index (χ2v) is 6.25. The van der Waals surface area contributed by atoms with Crippen molar-refractivity contribution >= 4 is 22.6 Å². The van der Waals surface area contributed by atoms with Crippen LogP contribution in [0.5, 0.6) is 0 Å². The summed E-state index contributed by atoms with van der Waals surface area (Å²) in [5.74, 6) is 1.42. The predicted octanol–water partition coefficient (Wildman–Crippen LogP) is 2.68. The van der Waals surface area contributed by atoms with E-state index in [2.05, 4.69) is 25.5 Å². The van der Waals surface area contributed by atoms with Crippen molar-refractivity contribution in [1.82, 2.24) is 25.1 Å². The van der Waals surface area contributed by atoms with Crippen molar-refractivity contribution in [3.8, 4) is 0 Å². The zero-order chi connectivity index (χ0) is 17.4. The fourth-order valence-electron chi connectivity index (χ4n) is 3.47. The molecule has 2 N–H and O–H groups in total. The van der Waals surface area contributed by atoms with Gasteiger partial charge in [0.2, 0.25) is 0 Å². The van der Waals surface area contributed by atoms with E-state index in [0.29, 0.717) is 18.1 Å². The summed E-state index contributed by atoms with van der Waals surface area (Å²) < 4.78 is 0. The number of hydrogen-bond acceptors (Lipinski definition) is 5. The molecule has 4 rings (SSSR count). The highest BCUT2D eigenvalue weighted by atomic mass is 16.2. The van der Waals surface area contributed by atoms with E-state index in [9.17, 15) is 4.79 Å². The topological polar surface area (TPSA) is 86.8 Å². The summed E-state index contributed by atoms with van der Waals surface area (Å²) in [6, 6.07) is 9.57. The van der Waals surface area contributed by atoms with E-state index in [1.165, 1.54) is 0 Å². The number of hydrogen-bond donors (Lipinski definition) is 2. The summed E-state index contributed by atoms with van der Waals surface area (Å²) in [4.78, 5) is 23.9. The van der Waals surface area contributed by atoms with Gasteiger partial charge in [0.05, 0.1) is 17.3 Å². The number of likely N-dealkylation sites (tertiary alicyclic amines) is 1. The molecular formula is C18H20N6O. The van der Waals surface area contributed by atoms with Gasteiger partial charge >= 0.3 is 0 Å². The van der Waals surface area contributed by atoms with Gasteiger partial charge in [-0.1, -0.05) is 18.2 Å². The van der Waals surface area contributed by atoms with Crippen LogP contribution in [0.15, 0.2) is 30.3 Å². The standard InChI is InChI=1S/C18H20N6O/c1-11-20-14(10-16(19-2)21-11)15-8-5-9-24(15)18(25)17-12-6-3-4-7-13(12)22-23-17/h3-4,6-7,10,15H,5,8-9H2,1-2H3,(H,22,23)(H,19,20,21)/t15-/m1/s1. The molecule has 128 valence electrons. The summed E-state index contributed by atoms with van der Waals surface area (Å²) in [5, 5.41) is 11.1. The van der Waals surface area contributed by atoms with Gasteiger partial charge in [0.1, 0.15) is 11.6 Å². The Labute approximate surface area is 145 Å². The quantitative estimate of drug-likeness (QED) is 0.768. The first kappa shape index (κ1) is 15.6. The normalized spacial score (nSPS) is 17.2. The first-order valence-corrected chi connectivity index (χ1v) is 8.45. The van der Waals surface area contributed by atoms with Crippen molar-refractivity contribution in [2.24, 2.45) is 0 Å².